The Labute approximate surface area is 82.0 Å². The molecule has 0 aromatic rings. The van der Waals surface area contributed by atoms with Crippen LogP contribution in [0.2, 0.25) is 0 Å². The lowest BCUT2D eigenvalue weighted by Gasteiger charge is -1.92. The molecule has 0 radical (unpaired) electrons. The molecule has 0 heteroatoms. The summed E-state index contributed by atoms with van der Waals surface area (Å²) in [5.74, 6) is 0. The Bertz CT molecular complexity index is 184. The molecule has 0 fully saturated rings. The quantitative estimate of drug-likeness (QED) is 0.480. The Balaban J connectivity index is 2.28. The van der Waals surface area contributed by atoms with E-state index in [0.717, 1.165) is 6.42 Å². The third kappa shape index (κ3) is 6.39. The Kier molecular flexibility index (Phi) is 6.22. The predicted molar refractivity (Wildman–Crippen MR) is 59.7 cm³/mol. The first-order valence-corrected chi connectivity index (χ1v) is 5.45. The van der Waals surface area contributed by atoms with Crippen LogP contribution in [0.25, 0.3) is 0 Å². The number of hydrogen-bond donors (Lipinski definition) is 0. The van der Waals surface area contributed by atoms with Crippen molar-refractivity contribution in [3.8, 4) is 0 Å². The molecule has 0 aliphatic heterocycles. The van der Waals surface area contributed by atoms with Crippen LogP contribution in [0.15, 0.2) is 36.5 Å². The fraction of sp³-hybridized carbons (Fsp3) is 0.538. The van der Waals surface area contributed by atoms with Gasteiger partial charge in [-0.1, -0.05) is 36.5 Å². The first kappa shape index (κ1) is 10.3. The van der Waals surface area contributed by atoms with Gasteiger partial charge in [0.2, 0.25) is 0 Å². The van der Waals surface area contributed by atoms with Crippen molar-refractivity contribution in [2.45, 2.75) is 44.9 Å². The highest BCUT2D eigenvalue weighted by atomic mass is 13.9. The van der Waals surface area contributed by atoms with Crippen LogP contribution < -0.4 is 0 Å². The maximum Gasteiger partial charge on any atom is -0.0169 e. The molecule has 0 saturated heterocycles. The molecule has 0 saturated carbocycles. The molecule has 0 amide bonds. The molecule has 1 aliphatic rings. The van der Waals surface area contributed by atoms with Crippen molar-refractivity contribution in [1.82, 2.24) is 0 Å². The maximum atomic E-state index is 2.33. The van der Waals surface area contributed by atoms with Crippen molar-refractivity contribution in [3.63, 3.8) is 0 Å². The minimum atomic E-state index is 1.11. The van der Waals surface area contributed by atoms with Crippen LogP contribution in [0.5, 0.6) is 0 Å². The molecule has 0 unspecified atom stereocenters. The van der Waals surface area contributed by atoms with Crippen LogP contribution in [0.1, 0.15) is 44.9 Å². The maximum absolute atomic E-state index is 2.33. The van der Waals surface area contributed by atoms with Crippen LogP contribution in [-0.4, -0.2) is 0 Å². The minimum absolute atomic E-state index is 1.11. The van der Waals surface area contributed by atoms with Gasteiger partial charge in [-0.25, -0.2) is 0 Å². The van der Waals surface area contributed by atoms with Gasteiger partial charge in [-0.2, -0.15) is 0 Å². The van der Waals surface area contributed by atoms with Gasteiger partial charge in [0.25, 0.3) is 0 Å². The predicted octanol–water partition coefficient (Wildman–Crippen LogP) is 4.40. The molecule has 0 aromatic carbocycles. The first-order chi connectivity index (χ1) is 6.50. The monoisotopic (exact) mass is 176 g/mol. The standard InChI is InChI=1S/C13H20/c1-2-4-6-8-10-12-13-11-9-7-5-3-1/h1-2,5,7-8,10H,3-4,6,9,11-13H2/b2-1-,7-5-,10-8?. The summed E-state index contributed by atoms with van der Waals surface area (Å²) in [5, 5.41) is 0. The Morgan fingerprint density at radius 3 is 1.62 bits per heavy atom. The van der Waals surface area contributed by atoms with E-state index in [-0.39, 0.29) is 0 Å². The average molecular weight is 176 g/mol. The van der Waals surface area contributed by atoms with Gasteiger partial charge in [-0.15, -0.1) is 0 Å². The third-order valence-corrected chi connectivity index (χ3v) is 2.26. The Morgan fingerprint density at radius 2 is 0.923 bits per heavy atom. The zero-order valence-corrected chi connectivity index (χ0v) is 8.41. The molecule has 0 atom stereocenters. The molecular formula is C13H20. The van der Waals surface area contributed by atoms with E-state index in [9.17, 15) is 0 Å². The number of rotatable bonds is 0. The summed E-state index contributed by atoms with van der Waals surface area (Å²) in [5.41, 5.74) is 0. The second-order valence-electron chi connectivity index (χ2n) is 3.51. The van der Waals surface area contributed by atoms with Gasteiger partial charge in [-0.05, 0) is 44.9 Å². The SMILES string of the molecule is C1=CCCCC/C=C\C/C=C\CC1. The Morgan fingerprint density at radius 1 is 0.462 bits per heavy atom. The van der Waals surface area contributed by atoms with Crippen molar-refractivity contribution in [2.75, 3.05) is 0 Å². The largest absolute Gasteiger partial charge is 0.0885 e. The van der Waals surface area contributed by atoms with Gasteiger partial charge in [0.05, 0.1) is 0 Å². The lowest BCUT2D eigenvalue weighted by atomic mass is 10.1. The average Bonchev–Trinajstić information content (AvgIpc) is 2.18. The molecule has 0 nitrogen and oxygen atoms in total. The molecule has 0 heterocycles. The van der Waals surface area contributed by atoms with E-state index in [2.05, 4.69) is 36.5 Å². The minimum Gasteiger partial charge on any atom is -0.0885 e. The summed E-state index contributed by atoms with van der Waals surface area (Å²) >= 11 is 0. The normalized spacial score (nSPS) is 25.2. The molecule has 0 N–H and O–H groups in total. The van der Waals surface area contributed by atoms with Gasteiger partial charge >= 0.3 is 0 Å². The smallest absolute Gasteiger partial charge is 0.0169 e. The van der Waals surface area contributed by atoms with E-state index in [0.29, 0.717) is 0 Å². The molecule has 0 spiro atoms. The fourth-order valence-electron chi connectivity index (χ4n) is 1.46. The summed E-state index contributed by atoms with van der Waals surface area (Å²) in [4.78, 5) is 0. The zero-order chi connectivity index (χ0) is 9.19. The van der Waals surface area contributed by atoms with Crippen molar-refractivity contribution in [2.24, 2.45) is 0 Å². The molecular weight excluding hydrogens is 156 g/mol. The molecule has 72 valence electrons. The molecule has 0 bridgehead atoms. The van der Waals surface area contributed by atoms with Crippen LogP contribution in [0.3, 0.4) is 0 Å². The van der Waals surface area contributed by atoms with Crippen molar-refractivity contribution < 1.29 is 0 Å². The van der Waals surface area contributed by atoms with Crippen molar-refractivity contribution >= 4 is 0 Å². The summed E-state index contributed by atoms with van der Waals surface area (Å²) < 4.78 is 0. The third-order valence-electron chi connectivity index (χ3n) is 2.26. The highest BCUT2D eigenvalue weighted by Crippen LogP contribution is 2.04. The highest BCUT2D eigenvalue weighted by Gasteiger charge is 1.84. The van der Waals surface area contributed by atoms with E-state index >= 15 is 0 Å². The summed E-state index contributed by atoms with van der Waals surface area (Å²) in [7, 11) is 0. The van der Waals surface area contributed by atoms with Gasteiger partial charge < -0.3 is 0 Å². The number of hydrogen-bond acceptors (Lipinski definition) is 0. The van der Waals surface area contributed by atoms with E-state index in [1.165, 1.54) is 38.5 Å². The van der Waals surface area contributed by atoms with Crippen molar-refractivity contribution in [3.05, 3.63) is 36.5 Å². The fourth-order valence-corrected chi connectivity index (χ4v) is 1.46. The summed E-state index contributed by atoms with van der Waals surface area (Å²) in [6.45, 7) is 0. The molecule has 1 rings (SSSR count). The Hall–Kier alpha value is -0.780. The van der Waals surface area contributed by atoms with E-state index < -0.39 is 0 Å². The second kappa shape index (κ2) is 7.85. The van der Waals surface area contributed by atoms with Crippen LogP contribution in [0, 0.1) is 0 Å². The summed E-state index contributed by atoms with van der Waals surface area (Å²) in [6, 6.07) is 0. The van der Waals surface area contributed by atoms with Gasteiger partial charge in [0, 0.05) is 0 Å². The van der Waals surface area contributed by atoms with Gasteiger partial charge in [-0.3, -0.25) is 0 Å². The summed E-state index contributed by atoms with van der Waals surface area (Å²) in [6.07, 6.45) is 22.5. The first-order valence-electron chi connectivity index (χ1n) is 5.45. The topological polar surface area (TPSA) is 0 Å². The highest BCUT2D eigenvalue weighted by molar-refractivity contribution is 4.94. The van der Waals surface area contributed by atoms with E-state index in [1.54, 1.807) is 0 Å². The van der Waals surface area contributed by atoms with Crippen molar-refractivity contribution in [1.29, 1.82) is 0 Å². The van der Waals surface area contributed by atoms with Crippen LogP contribution in [0.4, 0.5) is 0 Å². The number of allylic oxidation sites excluding steroid dienone is 6. The van der Waals surface area contributed by atoms with Gasteiger partial charge in [0.15, 0.2) is 0 Å². The lowest BCUT2D eigenvalue weighted by Crippen LogP contribution is -1.72. The molecule has 13 heavy (non-hydrogen) atoms. The van der Waals surface area contributed by atoms with E-state index in [4.69, 9.17) is 0 Å². The van der Waals surface area contributed by atoms with Gasteiger partial charge in [0.1, 0.15) is 0 Å². The zero-order valence-electron chi connectivity index (χ0n) is 8.41. The van der Waals surface area contributed by atoms with Crippen LogP contribution >= 0.6 is 0 Å². The second-order valence-corrected chi connectivity index (χ2v) is 3.51. The van der Waals surface area contributed by atoms with E-state index in [1.807, 2.05) is 0 Å². The lowest BCUT2D eigenvalue weighted by molar-refractivity contribution is 0.759. The molecule has 1 aliphatic carbocycles. The van der Waals surface area contributed by atoms with Crippen LogP contribution in [-0.2, 0) is 0 Å². The molecule has 0 aromatic heterocycles.